The van der Waals surface area contributed by atoms with Crippen LogP contribution >= 0.6 is 11.8 Å². The molecular weight excluding hydrogens is 318 g/mol. The first-order valence-corrected chi connectivity index (χ1v) is 9.56. The summed E-state index contributed by atoms with van der Waals surface area (Å²) in [6.07, 6.45) is 5.14. The van der Waals surface area contributed by atoms with E-state index in [9.17, 15) is 0 Å². The zero-order chi connectivity index (χ0) is 16.8. The lowest BCUT2D eigenvalue weighted by Gasteiger charge is -2.22. The molecule has 0 aliphatic carbocycles. The Hall–Kier alpha value is -1.66. The van der Waals surface area contributed by atoms with Crippen LogP contribution in [0.1, 0.15) is 36.0 Å². The summed E-state index contributed by atoms with van der Waals surface area (Å²) in [6, 6.07) is 6.18. The highest BCUT2D eigenvalue weighted by Gasteiger charge is 2.22. The van der Waals surface area contributed by atoms with E-state index in [0.717, 1.165) is 67.0 Å². The molecule has 0 atom stereocenters. The number of piperidine rings is 1. The van der Waals surface area contributed by atoms with E-state index >= 15 is 0 Å². The van der Waals surface area contributed by atoms with E-state index < -0.39 is 0 Å². The molecule has 0 unspecified atom stereocenters. The monoisotopic (exact) mass is 343 g/mol. The van der Waals surface area contributed by atoms with Gasteiger partial charge in [-0.1, -0.05) is 23.9 Å². The van der Waals surface area contributed by atoms with E-state index in [2.05, 4.69) is 43.8 Å². The smallest absolute Gasteiger partial charge is 0.191 e. The van der Waals surface area contributed by atoms with Gasteiger partial charge < -0.3 is 9.88 Å². The summed E-state index contributed by atoms with van der Waals surface area (Å²) in [7, 11) is 0. The Morgan fingerprint density at radius 1 is 1.33 bits per heavy atom. The number of thioether (sulfide) groups is 1. The lowest BCUT2D eigenvalue weighted by molar-refractivity contribution is 0.431. The van der Waals surface area contributed by atoms with Crippen molar-refractivity contribution in [2.24, 2.45) is 0 Å². The molecule has 128 valence electrons. The summed E-state index contributed by atoms with van der Waals surface area (Å²) >= 11 is 1.76. The molecule has 1 fully saturated rings. The van der Waals surface area contributed by atoms with Crippen molar-refractivity contribution < 1.29 is 0 Å². The molecule has 0 spiro atoms. The van der Waals surface area contributed by atoms with Crippen molar-refractivity contribution >= 4 is 11.8 Å². The van der Waals surface area contributed by atoms with Crippen molar-refractivity contribution in [3.05, 3.63) is 48.1 Å². The van der Waals surface area contributed by atoms with Crippen LogP contribution in [0.2, 0.25) is 0 Å². The van der Waals surface area contributed by atoms with Crippen molar-refractivity contribution in [1.82, 2.24) is 25.1 Å². The van der Waals surface area contributed by atoms with Crippen LogP contribution in [-0.2, 0) is 13.0 Å². The van der Waals surface area contributed by atoms with E-state index in [1.54, 1.807) is 11.8 Å². The molecule has 2 aromatic rings. The first-order chi connectivity index (χ1) is 11.8. The Kier molecular flexibility index (Phi) is 6.04. The van der Waals surface area contributed by atoms with Gasteiger partial charge in [-0.3, -0.25) is 4.98 Å². The van der Waals surface area contributed by atoms with Crippen LogP contribution in [0, 0.1) is 6.92 Å². The zero-order valence-corrected chi connectivity index (χ0v) is 15.1. The van der Waals surface area contributed by atoms with Crippen molar-refractivity contribution in [2.45, 2.75) is 43.8 Å². The first kappa shape index (κ1) is 17.2. The molecule has 0 aromatic carbocycles. The van der Waals surface area contributed by atoms with E-state index in [1.807, 2.05) is 19.1 Å². The number of rotatable bonds is 7. The van der Waals surface area contributed by atoms with Crippen molar-refractivity contribution in [3.63, 3.8) is 0 Å². The minimum atomic E-state index is 0.506. The molecule has 1 aliphatic heterocycles. The van der Waals surface area contributed by atoms with E-state index in [4.69, 9.17) is 0 Å². The maximum Gasteiger partial charge on any atom is 0.191 e. The third-order valence-electron chi connectivity index (χ3n) is 4.30. The van der Waals surface area contributed by atoms with Crippen molar-refractivity contribution in [1.29, 1.82) is 0 Å². The molecular formula is C18H25N5S. The SMILES string of the molecule is C=CCn1c(SCCc2cccc(C)n2)nnc1C1CCNCC1. The summed E-state index contributed by atoms with van der Waals surface area (Å²) in [5.74, 6) is 2.58. The lowest BCUT2D eigenvalue weighted by atomic mass is 9.97. The molecule has 0 amide bonds. The Balaban J connectivity index is 1.66. The van der Waals surface area contributed by atoms with Gasteiger partial charge >= 0.3 is 0 Å². The van der Waals surface area contributed by atoms with Crippen LogP contribution in [0.4, 0.5) is 0 Å². The molecule has 0 bridgehead atoms. The van der Waals surface area contributed by atoms with E-state index in [-0.39, 0.29) is 0 Å². The fourth-order valence-electron chi connectivity index (χ4n) is 3.08. The lowest BCUT2D eigenvalue weighted by Crippen LogP contribution is -2.28. The standard InChI is InChI=1S/C18H25N5S/c1-3-12-23-17(15-7-10-19-11-8-15)21-22-18(23)24-13-9-16-6-4-5-14(2)20-16/h3-6,15,19H,1,7-13H2,2H3. The fourth-order valence-corrected chi connectivity index (χ4v) is 3.99. The fraction of sp³-hybridized carbons (Fsp3) is 0.500. The molecule has 0 saturated carbocycles. The van der Waals surface area contributed by atoms with Gasteiger partial charge in [-0.15, -0.1) is 16.8 Å². The summed E-state index contributed by atoms with van der Waals surface area (Å²) in [4.78, 5) is 4.56. The molecule has 0 radical (unpaired) electrons. The molecule has 1 aliphatic rings. The minimum absolute atomic E-state index is 0.506. The molecule has 24 heavy (non-hydrogen) atoms. The third-order valence-corrected chi connectivity index (χ3v) is 5.27. The molecule has 2 aromatic heterocycles. The second kappa shape index (κ2) is 8.44. The predicted octanol–water partition coefficient (Wildman–Crippen LogP) is 2.97. The maximum absolute atomic E-state index is 4.56. The average molecular weight is 344 g/mol. The number of aryl methyl sites for hydroxylation is 2. The van der Waals surface area contributed by atoms with Gasteiger partial charge in [-0.05, 0) is 51.4 Å². The first-order valence-electron chi connectivity index (χ1n) is 8.58. The highest BCUT2D eigenvalue weighted by Crippen LogP contribution is 2.27. The van der Waals surface area contributed by atoms with Gasteiger partial charge in [0, 0.05) is 29.6 Å². The van der Waals surface area contributed by atoms with Crippen LogP contribution in [0.25, 0.3) is 0 Å². The predicted molar refractivity (Wildman–Crippen MR) is 98.5 cm³/mol. The van der Waals surface area contributed by atoms with E-state index in [1.165, 1.54) is 0 Å². The number of nitrogens with one attached hydrogen (secondary N) is 1. The average Bonchev–Trinajstić information content (AvgIpc) is 2.99. The van der Waals surface area contributed by atoms with Crippen LogP contribution < -0.4 is 5.32 Å². The Morgan fingerprint density at radius 3 is 2.92 bits per heavy atom. The topological polar surface area (TPSA) is 55.6 Å². The van der Waals surface area contributed by atoms with Gasteiger partial charge in [0.2, 0.25) is 0 Å². The second-order valence-corrected chi connectivity index (χ2v) is 7.20. The second-order valence-electron chi connectivity index (χ2n) is 6.13. The molecule has 5 nitrogen and oxygen atoms in total. The van der Waals surface area contributed by atoms with Gasteiger partial charge in [0.25, 0.3) is 0 Å². The highest BCUT2D eigenvalue weighted by molar-refractivity contribution is 7.99. The quantitative estimate of drug-likeness (QED) is 0.619. The van der Waals surface area contributed by atoms with Gasteiger partial charge in [-0.2, -0.15) is 0 Å². The summed E-state index contributed by atoms with van der Waals surface area (Å²) in [6.45, 7) is 8.82. The summed E-state index contributed by atoms with van der Waals surface area (Å²) < 4.78 is 2.23. The van der Waals surface area contributed by atoms with Crippen molar-refractivity contribution in [2.75, 3.05) is 18.8 Å². The largest absolute Gasteiger partial charge is 0.317 e. The molecule has 3 heterocycles. The molecule has 3 rings (SSSR count). The zero-order valence-electron chi connectivity index (χ0n) is 14.2. The number of allylic oxidation sites excluding steroid dienone is 1. The molecule has 1 N–H and O–H groups in total. The minimum Gasteiger partial charge on any atom is -0.317 e. The number of nitrogens with zero attached hydrogens (tertiary/aromatic N) is 4. The summed E-state index contributed by atoms with van der Waals surface area (Å²) in [5, 5.41) is 13.4. The summed E-state index contributed by atoms with van der Waals surface area (Å²) in [5.41, 5.74) is 2.20. The number of pyridine rings is 1. The number of hydrogen-bond donors (Lipinski definition) is 1. The molecule has 6 heteroatoms. The van der Waals surface area contributed by atoms with Crippen molar-refractivity contribution in [3.8, 4) is 0 Å². The van der Waals surface area contributed by atoms with Gasteiger partial charge in [0.15, 0.2) is 5.16 Å². The normalized spacial score (nSPS) is 15.5. The van der Waals surface area contributed by atoms with Gasteiger partial charge in [-0.25, -0.2) is 0 Å². The van der Waals surface area contributed by atoms with Gasteiger partial charge in [0.05, 0.1) is 0 Å². The van der Waals surface area contributed by atoms with E-state index in [0.29, 0.717) is 5.92 Å². The number of hydrogen-bond acceptors (Lipinski definition) is 5. The Morgan fingerprint density at radius 2 is 2.17 bits per heavy atom. The Labute approximate surface area is 148 Å². The Bertz CT molecular complexity index is 676. The third kappa shape index (κ3) is 4.24. The maximum atomic E-state index is 4.56. The molecule has 1 saturated heterocycles. The van der Waals surface area contributed by atoms with Gasteiger partial charge in [0.1, 0.15) is 5.82 Å². The van der Waals surface area contributed by atoms with Crippen LogP contribution in [-0.4, -0.2) is 38.6 Å². The highest BCUT2D eigenvalue weighted by atomic mass is 32.2. The van der Waals surface area contributed by atoms with Crippen LogP contribution in [0.3, 0.4) is 0 Å². The van der Waals surface area contributed by atoms with Crippen LogP contribution in [0.15, 0.2) is 36.0 Å². The number of aromatic nitrogens is 4. The van der Waals surface area contributed by atoms with Crippen LogP contribution in [0.5, 0.6) is 0 Å².